The van der Waals surface area contributed by atoms with Crippen LogP contribution in [0.4, 0.5) is 0 Å². The van der Waals surface area contributed by atoms with Gasteiger partial charge in [0.1, 0.15) is 5.69 Å². The van der Waals surface area contributed by atoms with Crippen molar-refractivity contribution >= 4 is 28.6 Å². The van der Waals surface area contributed by atoms with Crippen molar-refractivity contribution in [3.63, 3.8) is 0 Å². The van der Waals surface area contributed by atoms with Gasteiger partial charge in [-0.2, -0.15) is 5.26 Å². The summed E-state index contributed by atoms with van der Waals surface area (Å²) < 4.78 is 0. The number of nitrogens with zero attached hydrogens (tertiary/aromatic N) is 2. The Morgan fingerprint density at radius 2 is 2.29 bits per heavy atom. The molecule has 1 aromatic rings. The normalized spacial score (nSPS) is 11.0. The van der Waals surface area contributed by atoms with Gasteiger partial charge < -0.3 is 0 Å². The molecule has 17 heavy (non-hydrogen) atoms. The lowest BCUT2D eigenvalue weighted by Gasteiger charge is -2.16. The number of thioether (sulfide) groups is 1. The number of halogens is 1. The number of pyridine rings is 1. The second kappa shape index (κ2) is 5.52. The first-order valence-corrected chi connectivity index (χ1v) is 6.53. The molecule has 0 unspecified atom stereocenters. The number of hydrogen-bond acceptors (Lipinski definition) is 4. The van der Waals surface area contributed by atoms with Gasteiger partial charge in [-0.25, -0.2) is 0 Å². The van der Waals surface area contributed by atoms with Gasteiger partial charge in [0, 0.05) is 11.1 Å². The standard InChI is InChI=1S/C12H13ClN2OS/c1-4-17-9-5-8(12(2,3)7-14)6-15-10(9)11(13)16/h5-6H,4H2,1-3H3. The molecule has 0 aliphatic rings. The van der Waals surface area contributed by atoms with E-state index in [-0.39, 0.29) is 5.69 Å². The van der Waals surface area contributed by atoms with Crippen molar-refractivity contribution in [2.75, 3.05) is 5.75 Å². The summed E-state index contributed by atoms with van der Waals surface area (Å²) in [4.78, 5) is 16.0. The molecule has 0 bridgehead atoms. The lowest BCUT2D eigenvalue weighted by Crippen LogP contribution is -2.15. The Morgan fingerprint density at radius 1 is 1.65 bits per heavy atom. The molecule has 0 amide bonds. The smallest absolute Gasteiger partial charge is 0.271 e. The zero-order chi connectivity index (χ0) is 13.1. The molecular weight excluding hydrogens is 256 g/mol. The van der Waals surface area contributed by atoms with E-state index in [4.69, 9.17) is 16.9 Å². The van der Waals surface area contributed by atoms with Crippen LogP contribution >= 0.6 is 23.4 Å². The maximum absolute atomic E-state index is 11.2. The predicted molar refractivity (Wildman–Crippen MR) is 69.5 cm³/mol. The molecule has 1 rings (SSSR count). The van der Waals surface area contributed by atoms with Crippen molar-refractivity contribution in [3.8, 4) is 6.07 Å². The SMILES string of the molecule is CCSc1cc(C(C)(C)C#N)cnc1C(=O)Cl. The summed E-state index contributed by atoms with van der Waals surface area (Å²) in [7, 11) is 0. The van der Waals surface area contributed by atoms with Crippen molar-refractivity contribution in [2.45, 2.75) is 31.1 Å². The van der Waals surface area contributed by atoms with E-state index in [1.807, 2.05) is 26.8 Å². The monoisotopic (exact) mass is 268 g/mol. The average Bonchev–Trinajstić information content (AvgIpc) is 2.29. The summed E-state index contributed by atoms with van der Waals surface area (Å²) in [5, 5.41) is 8.50. The summed E-state index contributed by atoms with van der Waals surface area (Å²) in [6, 6.07) is 4.03. The minimum Gasteiger partial charge on any atom is -0.274 e. The highest BCUT2D eigenvalue weighted by Crippen LogP contribution is 2.29. The molecule has 0 N–H and O–H groups in total. The number of carbonyl (C=O) groups excluding carboxylic acids is 1. The van der Waals surface area contributed by atoms with Crippen LogP contribution in [0, 0.1) is 11.3 Å². The molecule has 5 heteroatoms. The number of rotatable bonds is 4. The molecule has 1 aromatic heterocycles. The molecule has 0 aliphatic carbocycles. The quantitative estimate of drug-likeness (QED) is 0.621. The van der Waals surface area contributed by atoms with E-state index in [1.165, 1.54) is 11.8 Å². The molecule has 0 aromatic carbocycles. The Morgan fingerprint density at radius 3 is 2.76 bits per heavy atom. The Balaban J connectivity index is 3.29. The fraction of sp³-hybridized carbons (Fsp3) is 0.417. The summed E-state index contributed by atoms with van der Waals surface area (Å²) in [5.74, 6) is 0.815. The van der Waals surface area contributed by atoms with Gasteiger partial charge in [-0.15, -0.1) is 11.8 Å². The average molecular weight is 269 g/mol. The summed E-state index contributed by atoms with van der Waals surface area (Å²) in [6.07, 6.45) is 1.54. The first-order valence-electron chi connectivity index (χ1n) is 5.16. The summed E-state index contributed by atoms with van der Waals surface area (Å²) in [5.41, 5.74) is 0.429. The van der Waals surface area contributed by atoms with Crippen molar-refractivity contribution < 1.29 is 4.79 Å². The summed E-state index contributed by atoms with van der Waals surface area (Å²) in [6.45, 7) is 5.61. The first-order chi connectivity index (χ1) is 7.92. The zero-order valence-corrected chi connectivity index (χ0v) is 11.5. The van der Waals surface area contributed by atoms with Gasteiger partial charge in [0.05, 0.1) is 11.5 Å². The molecule has 0 saturated carbocycles. The van der Waals surface area contributed by atoms with Crippen LogP contribution in [0.2, 0.25) is 0 Å². The van der Waals surface area contributed by atoms with E-state index < -0.39 is 10.7 Å². The number of nitriles is 1. The van der Waals surface area contributed by atoms with Gasteiger partial charge in [0.2, 0.25) is 0 Å². The van der Waals surface area contributed by atoms with Gasteiger partial charge in [0.15, 0.2) is 0 Å². The second-order valence-electron chi connectivity index (χ2n) is 4.01. The molecule has 3 nitrogen and oxygen atoms in total. The molecule has 0 atom stereocenters. The Hall–Kier alpha value is -1.05. The van der Waals surface area contributed by atoms with Crippen LogP contribution in [0.25, 0.3) is 0 Å². The molecule has 0 aliphatic heterocycles. The topological polar surface area (TPSA) is 53.8 Å². The molecule has 1 heterocycles. The van der Waals surface area contributed by atoms with E-state index in [2.05, 4.69) is 11.1 Å². The summed E-state index contributed by atoms with van der Waals surface area (Å²) >= 11 is 6.96. The van der Waals surface area contributed by atoms with Gasteiger partial charge in [-0.3, -0.25) is 9.78 Å². The highest BCUT2D eigenvalue weighted by atomic mass is 35.5. The van der Waals surface area contributed by atoms with Crippen LogP contribution in [0.15, 0.2) is 17.2 Å². The fourth-order valence-corrected chi connectivity index (χ4v) is 2.27. The fourth-order valence-electron chi connectivity index (χ4n) is 1.26. The number of carbonyl (C=O) groups is 1. The van der Waals surface area contributed by atoms with Crippen molar-refractivity contribution in [3.05, 3.63) is 23.5 Å². The van der Waals surface area contributed by atoms with Gasteiger partial charge in [-0.1, -0.05) is 6.92 Å². The molecule has 0 spiro atoms. The second-order valence-corrected chi connectivity index (χ2v) is 5.66. The van der Waals surface area contributed by atoms with Crippen LogP contribution in [0.3, 0.4) is 0 Å². The number of hydrogen-bond donors (Lipinski definition) is 0. The van der Waals surface area contributed by atoms with Crippen LogP contribution in [-0.2, 0) is 5.41 Å². The largest absolute Gasteiger partial charge is 0.274 e. The van der Waals surface area contributed by atoms with Crippen LogP contribution in [0.5, 0.6) is 0 Å². The van der Waals surface area contributed by atoms with Gasteiger partial charge >= 0.3 is 0 Å². The minimum atomic E-state index is -0.621. The van der Waals surface area contributed by atoms with E-state index in [9.17, 15) is 4.79 Å². The Bertz CT molecular complexity index is 480. The maximum Gasteiger partial charge on any atom is 0.271 e. The van der Waals surface area contributed by atoms with E-state index in [0.29, 0.717) is 0 Å². The third-order valence-corrected chi connectivity index (χ3v) is 3.43. The van der Waals surface area contributed by atoms with Crippen molar-refractivity contribution in [1.29, 1.82) is 5.26 Å². The first kappa shape index (κ1) is 14.0. The third kappa shape index (κ3) is 3.21. The molecule has 0 radical (unpaired) electrons. The van der Waals surface area contributed by atoms with E-state index in [1.54, 1.807) is 6.20 Å². The lowest BCUT2D eigenvalue weighted by atomic mass is 9.87. The van der Waals surface area contributed by atoms with Crippen LogP contribution < -0.4 is 0 Å². The molecular formula is C12H13ClN2OS. The molecule has 90 valence electrons. The Labute approximate surface area is 110 Å². The Kier molecular flexibility index (Phi) is 4.55. The lowest BCUT2D eigenvalue weighted by molar-refractivity contribution is 0.107. The third-order valence-electron chi connectivity index (χ3n) is 2.34. The highest BCUT2D eigenvalue weighted by Gasteiger charge is 2.22. The maximum atomic E-state index is 11.2. The number of aromatic nitrogens is 1. The van der Waals surface area contributed by atoms with Crippen molar-refractivity contribution in [1.82, 2.24) is 4.98 Å². The van der Waals surface area contributed by atoms with Crippen LogP contribution in [-0.4, -0.2) is 16.0 Å². The molecule has 0 fully saturated rings. The predicted octanol–water partition coefficient (Wildman–Crippen LogP) is 3.37. The van der Waals surface area contributed by atoms with E-state index >= 15 is 0 Å². The zero-order valence-electron chi connectivity index (χ0n) is 9.95. The van der Waals surface area contributed by atoms with Crippen LogP contribution in [0.1, 0.15) is 36.8 Å². The van der Waals surface area contributed by atoms with Crippen molar-refractivity contribution in [2.24, 2.45) is 0 Å². The highest BCUT2D eigenvalue weighted by molar-refractivity contribution is 7.99. The minimum absolute atomic E-state index is 0.260. The molecule has 0 saturated heterocycles. The van der Waals surface area contributed by atoms with E-state index in [0.717, 1.165) is 16.2 Å². The van der Waals surface area contributed by atoms with Gasteiger partial charge in [0.25, 0.3) is 5.24 Å². The van der Waals surface area contributed by atoms with Gasteiger partial charge in [-0.05, 0) is 42.8 Å².